The number of benzene rings is 2. The van der Waals surface area contributed by atoms with Gasteiger partial charge in [-0.05, 0) is 35.4 Å². The number of carboxylic acids is 1. The molecule has 114 valence electrons. The topological polar surface area (TPSA) is 75.6 Å². The van der Waals surface area contributed by atoms with Gasteiger partial charge in [-0.3, -0.25) is 9.59 Å². The fourth-order valence-electron chi connectivity index (χ4n) is 2.05. The van der Waals surface area contributed by atoms with E-state index in [0.717, 1.165) is 5.56 Å². The van der Waals surface area contributed by atoms with E-state index in [1.165, 1.54) is 0 Å². The summed E-state index contributed by atoms with van der Waals surface area (Å²) in [7, 11) is 1.58. The third kappa shape index (κ3) is 4.63. The van der Waals surface area contributed by atoms with Gasteiger partial charge in [0.15, 0.2) is 0 Å². The van der Waals surface area contributed by atoms with Gasteiger partial charge in [0.05, 0.1) is 20.0 Å². The number of aliphatic carboxylic acids is 1. The van der Waals surface area contributed by atoms with E-state index >= 15 is 0 Å². The highest BCUT2D eigenvalue weighted by molar-refractivity contribution is 5.92. The maximum Gasteiger partial charge on any atom is 0.307 e. The summed E-state index contributed by atoms with van der Waals surface area (Å²) in [6.45, 7) is 0. The minimum absolute atomic E-state index is 0.0297. The molecule has 2 aromatic rings. The zero-order chi connectivity index (χ0) is 15.9. The van der Waals surface area contributed by atoms with Crippen molar-refractivity contribution < 1.29 is 19.4 Å². The van der Waals surface area contributed by atoms with Crippen LogP contribution in [0.5, 0.6) is 5.75 Å². The third-order valence-electron chi connectivity index (χ3n) is 3.09. The number of amides is 1. The summed E-state index contributed by atoms with van der Waals surface area (Å²) in [5.41, 5.74) is 2.19. The molecule has 2 aromatic carbocycles. The SMILES string of the molecule is COc1cccc(CC(=O)Nc2ccc(CC(=O)O)cc2)c1. The predicted octanol–water partition coefficient (Wildman–Crippen LogP) is 2.50. The first-order valence-electron chi connectivity index (χ1n) is 6.80. The van der Waals surface area contributed by atoms with Gasteiger partial charge in [-0.25, -0.2) is 0 Å². The van der Waals surface area contributed by atoms with Gasteiger partial charge in [-0.15, -0.1) is 0 Å². The Bertz CT molecular complexity index is 665. The minimum Gasteiger partial charge on any atom is -0.497 e. The van der Waals surface area contributed by atoms with Crippen molar-refractivity contribution in [3.8, 4) is 5.75 Å². The number of carboxylic acid groups (broad SMARTS) is 1. The zero-order valence-corrected chi connectivity index (χ0v) is 12.2. The van der Waals surface area contributed by atoms with Gasteiger partial charge < -0.3 is 15.2 Å². The lowest BCUT2D eigenvalue weighted by Crippen LogP contribution is -2.14. The molecule has 5 heteroatoms. The number of methoxy groups -OCH3 is 1. The normalized spacial score (nSPS) is 10.0. The fraction of sp³-hybridized carbons (Fsp3) is 0.176. The summed E-state index contributed by atoms with van der Waals surface area (Å²) in [6, 6.07) is 14.1. The number of hydrogen-bond acceptors (Lipinski definition) is 3. The molecule has 0 aliphatic rings. The van der Waals surface area contributed by atoms with Gasteiger partial charge in [-0.1, -0.05) is 24.3 Å². The number of nitrogens with one attached hydrogen (secondary N) is 1. The van der Waals surface area contributed by atoms with Gasteiger partial charge >= 0.3 is 5.97 Å². The maximum absolute atomic E-state index is 12.0. The summed E-state index contributed by atoms with van der Waals surface area (Å²) in [4.78, 5) is 22.6. The second-order valence-corrected chi connectivity index (χ2v) is 4.84. The minimum atomic E-state index is -0.880. The van der Waals surface area contributed by atoms with Crippen LogP contribution in [-0.2, 0) is 22.4 Å². The molecule has 0 spiro atoms. The van der Waals surface area contributed by atoms with Crippen molar-refractivity contribution in [2.24, 2.45) is 0 Å². The number of carbonyl (C=O) groups is 2. The van der Waals surface area contributed by atoms with Crippen molar-refractivity contribution in [3.63, 3.8) is 0 Å². The first-order chi connectivity index (χ1) is 10.6. The Morgan fingerprint density at radius 2 is 1.77 bits per heavy atom. The molecule has 0 unspecified atom stereocenters. The number of anilines is 1. The average molecular weight is 299 g/mol. The van der Waals surface area contributed by atoms with E-state index in [4.69, 9.17) is 9.84 Å². The number of rotatable bonds is 6. The van der Waals surface area contributed by atoms with Gasteiger partial charge in [0.25, 0.3) is 0 Å². The summed E-state index contributed by atoms with van der Waals surface area (Å²) in [5, 5.41) is 11.5. The molecule has 0 atom stereocenters. The molecule has 0 radical (unpaired) electrons. The van der Waals surface area contributed by atoms with Gasteiger partial charge in [0, 0.05) is 5.69 Å². The second kappa shape index (κ2) is 7.26. The van der Waals surface area contributed by atoms with Crippen molar-refractivity contribution in [1.29, 1.82) is 0 Å². The molecule has 22 heavy (non-hydrogen) atoms. The van der Waals surface area contributed by atoms with E-state index in [1.807, 2.05) is 24.3 Å². The maximum atomic E-state index is 12.0. The molecule has 0 aromatic heterocycles. The summed E-state index contributed by atoms with van der Waals surface area (Å²) >= 11 is 0. The summed E-state index contributed by atoms with van der Waals surface area (Å²) < 4.78 is 5.12. The van der Waals surface area contributed by atoms with Crippen molar-refractivity contribution in [3.05, 3.63) is 59.7 Å². The van der Waals surface area contributed by atoms with Crippen LogP contribution in [0, 0.1) is 0 Å². The highest BCUT2D eigenvalue weighted by Gasteiger charge is 2.06. The molecule has 2 N–H and O–H groups in total. The number of hydrogen-bond donors (Lipinski definition) is 2. The molecular weight excluding hydrogens is 282 g/mol. The molecule has 0 aliphatic carbocycles. The molecule has 5 nitrogen and oxygen atoms in total. The standard InChI is InChI=1S/C17H17NO4/c1-22-15-4-2-3-13(9-15)10-16(19)18-14-7-5-12(6-8-14)11-17(20)21/h2-9H,10-11H2,1H3,(H,18,19)(H,20,21). The van der Waals surface area contributed by atoms with E-state index < -0.39 is 5.97 Å². The molecular formula is C17H17NO4. The van der Waals surface area contributed by atoms with Crippen LogP contribution in [0.2, 0.25) is 0 Å². The Morgan fingerprint density at radius 1 is 1.05 bits per heavy atom. The van der Waals surface area contributed by atoms with Crippen LogP contribution in [0.15, 0.2) is 48.5 Å². The molecule has 2 rings (SSSR count). The predicted molar refractivity (Wildman–Crippen MR) is 83.1 cm³/mol. The quantitative estimate of drug-likeness (QED) is 0.859. The monoisotopic (exact) mass is 299 g/mol. The molecule has 0 fully saturated rings. The molecule has 0 bridgehead atoms. The fourth-order valence-corrected chi connectivity index (χ4v) is 2.05. The van der Waals surface area contributed by atoms with E-state index in [0.29, 0.717) is 17.0 Å². The van der Waals surface area contributed by atoms with Crippen molar-refractivity contribution >= 4 is 17.6 Å². The lowest BCUT2D eigenvalue weighted by molar-refractivity contribution is -0.136. The van der Waals surface area contributed by atoms with Gasteiger partial charge in [0.2, 0.25) is 5.91 Å². The number of carbonyl (C=O) groups excluding carboxylic acids is 1. The molecule has 0 heterocycles. The Kier molecular flexibility index (Phi) is 5.14. The van der Waals surface area contributed by atoms with E-state index in [2.05, 4.69) is 5.32 Å². The first kappa shape index (κ1) is 15.6. The molecule has 0 aliphatic heterocycles. The van der Waals surface area contributed by atoms with Crippen molar-refractivity contribution in [2.75, 3.05) is 12.4 Å². The Labute approximate surface area is 128 Å². The van der Waals surface area contributed by atoms with Crippen LogP contribution in [0.25, 0.3) is 0 Å². The van der Waals surface area contributed by atoms with Gasteiger partial charge in [-0.2, -0.15) is 0 Å². The van der Waals surface area contributed by atoms with Gasteiger partial charge in [0.1, 0.15) is 5.75 Å². The molecule has 0 saturated carbocycles. The summed E-state index contributed by atoms with van der Waals surface area (Å²) in [5.74, 6) is -0.308. The second-order valence-electron chi connectivity index (χ2n) is 4.84. The van der Waals surface area contributed by atoms with Crippen LogP contribution < -0.4 is 10.1 Å². The third-order valence-corrected chi connectivity index (χ3v) is 3.09. The molecule has 0 saturated heterocycles. The van der Waals surface area contributed by atoms with E-state index in [1.54, 1.807) is 31.4 Å². The smallest absolute Gasteiger partial charge is 0.307 e. The summed E-state index contributed by atoms with van der Waals surface area (Å²) in [6.07, 6.45) is 0.214. The van der Waals surface area contributed by atoms with Crippen LogP contribution in [-0.4, -0.2) is 24.1 Å². The average Bonchev–Trinajstić information content (AvgIpc) is 2.49. The Hall–Kier alpha value is -2.82. The van der Waals surface area contributed by atoms with Crippen LogP contribution in [0.1, 0.15) is 11.1 Å². The Morgan fingerprint density at radius 3 is 2.41 bits per heavy atom. The van der Waals surface area contributed by atoms with Crippen molar-refractivity contribution in [1.82, 2.24) is 0 Å². The van der Waals surface area contributed by atoms with Crippen LogP contribution >= 0.6 is 0 Å². The Balaban J connectivity index is 1.95. The van der Waals surface area contributed by atoms with E-state index in [9.17, 15) is 9.59 Å². The highest BCUT2D eigenvalue weighted by Crippen LogP contribution is 2.14. The van der Waals surface area contributed by atoms with Crippen molar-refractivity contribution in [2.45, 2.75) is 12.8 Å². The zero-order valence-electron chi connectivity index (χ0n) is 12.2. The largest absolute Gasteiger partial charge is 0.497 e. The number of ether oxygens (including phenoxy) is 1. The lowest BCUT2D eigenvalue weighted by atomic mass is 10.1. The molecule has 1 amide bonds. The highest BCUT2D eigenvalue weighted by atomic mass is 16.5. The van der Waals surface area contributed by atoms with Crippen LogP contribution in [0.4, 0.5) is 5.69 Å². The van der Waals surface area contributed by atoms with E-state index in [-0.39, 0.29) is 18.7 Å². The first-order valence-corrected chi connectivity index (χ1v) is 6.80. The van der Waals surface area contributed by atoms with Crippen LogP contribution in [0.3, 0.4) is 0 Å². The lowest BCUT2D eigenvalue weighted by Gasteiger charge is -2.07.